The smallest absolute Gasteiger partial charge is 0.338 e. The molecule has 60 valence electrons. The van der Waals surface area contributed by atoms with Crippen molar-refractivity contribution >= 4 is 17.2 Å². The lowest BCUT2D eigenvalue weighted by molar-refractivity contribution is 0.112. The van der Waals surface area contributed by atoms with Gasteiger partial charge in [-0.1, -0.05) is 6.07 Å². The van der Waals surface area contributed by atoms with E-state index < -0.39 is 5.63 Å². The summed E-state index contributed by atoms with van der Waals surface area (Å²) in [5, 5.41) is 2.88. The molecule has 0 aliphatic carbocycles. The molecule has 0 aliphatic rings. The van der Waals surface area contributed by atoms with Crippen molar-refractivity contribution in [1.82, 2.24) is 5.16 Å². The molecule has 2 aromatic rings. The summed E-state index contributed by atoms with van der Waals surface area (Å²) >= 11 is 0. The van der Waals surface area contributed by atoms with Crippen molar-refractivity contribution in [1.29, 1.82) is 0 Å². The van der Waals surface area contributed by atoms with Crippen LogP contribution in [0.25, 0.3) is 10.9 Å². The number of carbonyl (C=O) groups excluding carboxylic acids is 1. The largest absolute Gasteiger partial charge is 0.365 e. The second kappa shape index (κ2) is 2.34. The van der Waals surface area contributed by atoms with Crippen molar-refractivity contribution in [2.45, 2.75) is 0 Å². The number of rotatable bonds is 1. The summed E-state index contributed by atoms with van der Waals surface area (Å²) in [7, 11) is 0. The van der Waals surface area contributed by atoms with Crippen LogP contribution in [0.1, 0.15) is 10.4 Å². The van der Waals surface area contributed by atoms with E-state index in [0.717, 1.165) is 0 Å². The molecule has 0 unspecified atom stereocenters. The Morgan fingerprint density at radius 1 is 1.42 bits per heavy atom. The van der Waals surface area contributed by atoms with E-state index in [4.69, 9.17) is 0 Å². The van der Waals surface area contributed by atoms with E-state index in [2.05, 4.69) is 9.68 Å². The van der Waals surface area contributed by atoms with Gasteiger partial charge in [-0.15, -0.1) is 0 Å². The minimum atomic E-state index is -0.414. The quantitative estimate of drug-likeness (QED) is 0.636. The molecule has 0 spiro atoms. The molecule has 0 amide bonds. The molecule has 1 heterocycles. The number of aromatic amines is 1. The SMILES string of the molecule is O=Cc1ccc2c(=O)o[nH]c2c1. The van der Waals surface area contributed by atoms with E-state index in [9.17, 15) is 9.59 Å². The lowest BCUT2D eigenvalue weighted by Gasteiger charge is -1.86. The van der Waals surface area contributed by atoms with Gasteiger partial charge in [-0.25, -0.2) is 9.95 Å². The third-order valence-corrected chi connectivity index (χ3v) is 1.65. The van der Waals surface area contributed by atoms with Crippen molar-refractivity contribution in [3.05, 3.63) is 34.2 Å². The van der Waals surface area contributed by atoms with Crippen LogP contribution in [0.5, 0.6) is 0 Å². The molecule has 1 aromatic carbocycles. The van der Waals surface area contributed by atoms with Gasteiger partial charge in [0.05, 0.1) is 10.9 Å². The first kappa shape index (κ1) is 6.84. The molecule has 0 bridgehead atoms. The molecule has 0 aliphatic heterocycles. The maximum atomic E-state index is 10.9. The number of H-pyrrole nitrogens is 1. The molecule has 1 N–H and O–H groups in total. The number of fused-ring (bicyclic) bond motifs is 1. The maximum Gasteiger partial charge on any atom is 0.365 e. The zero-order valence-corrected chi connectivity index (χ0v) is 6.03. The number of nitrogens with one attached hydrogen (secondary N) is 1. The topological polar surface area (TPSA) is 63.1 Å². The van der Waals surface area contributed by atoms with Gasteiger partial charge in [0.1, 0.15) is 6.29 Å². The fourth-order valence-electron chi connectivity index (χ4n) is 1.05. The summed E-state index contributed by atoms with van der Waals surface area (Å²) in [5.41, 5.74) is 0.645. The fraction of sp³-hybridized carbons (Fsp3) is 0. The predicted molar refractivity (Wildman–Crippen MR) is 42.2 cm³/mol. The van der Waals surface area contributed by atoms with Gasteiger partial charge in [0, 0.05) is 5.56 Å². The van der Waals surface area contributed by atoms with Gasteiger partial charge >= 0.3 is 5.63 Å². The minimum Gasteiger partial charge on any atom is -0.338 e. The molecule has 0 saturated heterocycles. The van der Waals surface area contributed by atoms with Gasteiger partial charge < -0.3 is 4.52 Å². The second-order valence-electron chi connectivity index (χ2n) is 2.41. The molecule has 0 saturated carbocycles. The van der Waals surface area contributed by atoms with E-state index in [-0.39, 0.29) is 0 Å². The van der Waals surface area contributed by atoms with Gasteiger partial charge in [-0.3, -0.25) is 4.79 Å². The predicted octanol–water partition coefficient (Wildman–Crippen LogP) is 0.934. The molecular formula is C8H5NO3. The van der Waals surface area contributed by atoms with Gasteiger partial charge in [-0.05, 0) is 12.1 Å². The number of benzene rings is 1. The number of hydrogen-bond donors (Lipinski definition) is 1. The van der Waals surface area contributed by atoms with Gasteiger partial charge in [-0.2, -0.15) is 0 Å². The highest BCUT2D eigenvalue weighted by Gasteiger charge is 2.02. The number of aldehydes is 1. The van der Waals surface area contributed by atoms with E-state index in [1.165, 1.54) is 0 Å². The van der Waals surface area contributed by atoms with Crippen LogP contribution in [0.2, 0.25) is 0 Å². The van der Waals surface area contributed by atoms with Crippen LogP contribution in [0.3, 0.4) is 0 Å². The van der Waals surface area contributed by atoms with Crippen molar-refractivity contribution < 1.29 is 9.32 Å². The monoisotopic (exact) mass is 163 g/mol. The molecule has 4 heteroatoms. The van der Waals surface area contributed by atoms with Crippen LogP contribution in [0.4, 0.5) is 0 Å². The Balaban J connectivity index is 2.86. The van der Waals surface area contributed by atoms with Crippen LogP contribution in [0, 0.1) is 0 Å². The molecule has 4 nitrogen and oxygen atoms in total. The normalized spacial score (nSPS) is 10.3. The first-order chi connectivity index (χ1) is 5.81. The molecular weight excluding hydrogens is 158 g/mol. The fourth-order valence-corrected chi connectivity index (χ4v) is 1.05. The molecule has 12 heavy (non-hydrogen) atoms. The van der Waals surface area contributed by atoms with Gasteiger partial charge in [0.2, 0.25) is 0 Å². The zero-order valence-electron chi connectivity index (χ0n) is 6.03. The summed E-state index contributed by atoms with van der Waals surface area (Å²) in [6, 6.07) is 4.69. The van der Waals surface area contributed by atoms with Gasteiger partial charge in [0.25, 0.3) is 0 Å². The number of carbonyl (C=O) groups is 1. The summed E-state index contributed by atoms with van der Waals surface area (Å²) in [4.78, 5) is 21.2. The Morgan fingerprint density at radius 2 is 2.25 bits per heavy atom. The molecule has 0 fully saturated rings. The third kappa shape index (κ3) is 0.852. The van der Waals surface area contributed by atoms with E-state index in [1.54, 1.807) is 18.2 Å². The van der Waals surface area contributed by atoms with E-state index in [1.807, 2.05) is 0 Å². The van der Waals surface area contributed by atoms with E-state index in [0.29, 0.717) is 22.8 Å². The first-order valence-corrected chi connectivity index (χ1v) is 3.37. The van der Waals surface area contributed by atoms with Crippen molar-refractivity contribution in [2.75, 3.05) is 0 Å². The first-order valence-electron chi connectivity index (χ1n) is 3.37. The third-order valence-electron chi connectivity index (χ3n) is 1.65. The van der Waals surface area contributed by atoms with Crippen molar-refractivity contribution in [3.8, 4) is 0 Å². The standard InChI is InChI=1S/C8H5NO3/c10-4-5-1-2-6-7(3-5)9-12-8(6)11/h1-4,9H. The summed E-state index contributed by atoms with van der Waals surface area (Å²) in [6.45, 7) is 0. The lowest BCUT2D eigenvalue weighted by atomic mass is 10.2. The Hall–Kier alpha value is -1.84. The molecule has 0 radical (unpaired) electrons. The Labute approximate surface area is 66.8 Å². The number of hydrogen-bond acceptors (Lipinski definition) is 3. The van der Waals surface area contributed by atoms with Crippen molar-refractivity contribution in [3.63, 3.8) is 0 Å². The lowest BCUT2D eigenvalue weighted by Crippen LogP contribution is -1.90. The average Bonchev–Trinajstić information content (AvgIpc) is 2.47. The van der Waals surface area contributed by atoms with Gasteiger partial charge in [0.15, 0.2) is 0 Å². The van der Waals surface area contributed by atoms with Crippen LogP contribution in [-0.2, 0) is 0 Å². The second-order valence-corrected chi connectivity index (χ2v) is 2.41. The Bertz CT molecular complexity index is 480. The molecule has 0 atom stereocenters. The Morgan fingerprint density at radius 3 is 3.00 bits per heavy atom. The minimum absolute atomic E-state index is 0.414. The van der Waals surface area contributed by atoms with Crippen LogP contribution in [0.15, 0.2) is 27.5 Å². The van der Waals surface area contributed by atoms with Crippen LogP contribution in [-0.4, -0.2) is 11.4 Å². The van der Waals surface area contributed by atoms with Crippen molar-refractivity contribution in [2.24, 2.45) is 0 Å². The highest BCUT2D eigenvalue weighted by molar-refractivity contribution is 5.85. The molecule has 1 aromatic heterocycles. The summed E-state index contributed by atoms with van der Waals surface area (Å²) in [5.74, 6) is 0. The highest BCUT2D eigenvalue weighted by atomic mass is 16.5. The molecule has 2 rings (SSSR count). The summed E-state index contributed by atoms with van der Waals surface area (Å²) in [6.07, 6.45) is 0.713. The maximum absolute atomic E-state index is 10.9. The number of aromatic nitrogens is 1. The zero-order chi connectivity index (χ0) is 8.55. The van der Waals surface area contributed by atoms with Crippen LogP contribution < -0.4 is 5.63 Å². The summed E-state index contributed by atoms with van der Waals surface area (Å²) < 4.78 is 4.52. The van der Waals surface area contributed by atoms with Crippen LogP contribution >= 0.6 is 0 Å². The average molecular weight is 163 g/mol. The Kier molecular flexibility index (Phi) is 1.33. The van der Waals surface area contributed by atoms with E-state index >= 15 is 0 Å². The highest BCUT2D eigenvalue weighted by Crippen LogP contribution is 2.08.